The van der Waals surface area contributed by atoms with Crippen molar-refractivity contribution in [1.29, 1.82) is 0 Å². The molecule has 7 nitrogen and oxygen atoms in total. The lowest BCUT2D eigenvalue weighted by Crippen LogP contribution is -2.20. The van der Waals surface area contributed by atoms with Gasteiger partial charge in [-0.05, 0) is 46.7 Å². The Hall–Kier alpha value is -3.06. The molecular weight excluding hydrogens is 294 g/mol. The highest BCUT2D eigenvalue weighted by molar-refractivity contribution is 5.94. The highest BCUT2D eigenvalue weighted by Gasteiger charge is 2.17. The number of aliphatic hydroxyl groups is 1. The number of benzene rings is 2. The third kappa shape index (κ3) is 3.24. The van der Waals surface area contributed by atoms with Crippen LogP contribution >= 0.6 is 0 Å². The quantitative estimate of drug-likeness (QED) is 0.764. The predicted octanol–water partition coefficient (Wildman–Crippen LogP) is 1.64. The number of tetrazole rings is 1. The number of aryl methyl sites for hydroxylation is 1. The highest BCUT2D eigenvalue weighted by Crippen LogP contribution is 2.20. The Morgan fingerprint density at radius 1 is 1.22 bits per heavy atom. The van der Waals surface area contributed by atoms with Gasteiger partial charge in [-0.25, -0.2) is 4.68 Å². The summed E-state index contributed by atoms with van der Waals surface area (Å²) >= 11 is 0. The van der Waals surface area contributed by atoms with Gasteiger partial charge in [0.25, 0.3) is 5.91 Å². The van der Waals surface area contributed by atoms with Crippen LogP contribution in [0, 0.1) is 6.92 Å². The number of anilines is 1. The molecule has 1 atom stereocenters. The Morgan fingerprint density at radius 3 is 2.65 bits per heavy atom. The molecule has 0 spiro atoms. The number of carbonyl (C=O) groups is 1. The molecule has 2 aromatic carbocycles. The van der Waals surface area contributed by atoms with Crippen molar-refractivity contribution in [3.05, 3.63) is 66.0 Å². The topological polar surface area (TPSA) is 92.9 Å². The Bertz CT molecular complexity index is 803. The van der Waals surface area contributed by atoms with Gasteiger partial charge in [-0.1, -0.05) is 30.3 Å². The first-order chi connectivity index (χ1) is 11.1. The molecule has 0 aliphatic heterocycles. The van der Waals surface area contributed by atoms with E-state index in [1.807, 2.05) is 13.0 Å². The zero-order chi connectivity index (χ0) is 16.2. The van der Waals surface area contributed by atoms with Crippen molar-refractivity contribution >= 4 is 11.6 Å². The van der Waals surface area contributed by atoms with Gasteiger partial charge in [-0.3, -0.25) is 4.79 Å². The van der Waals surface area contributed by atoms with Crippen LogP contribution in [0.15, 0.2) is 54.9 Å². The van der Waals surface area contributed by atoms with E-state index in [-0.39, 0.29) is 0 Å². The molecule has 1 aromatic heterocycles. The molecule has 1 amide bonds. The number of nitrogens with one attached hydrogen (secondary N) is 1. The summed E-state index contributed by atoms with van der Waals surface area (Å²) in [6, 6.07) is 14.1. The third-order valence-corrected chi connectivity index (χ3v) is 3.42. The second-order valence-electron chi connectivity index (χ2n) is 5.06. The first-order valence-electron chi connectivity index (χ1n) is 7.03. The Kier molecular flexibility index (Phi) is 4.11. The van der Waals surface area contributed by atoms with Crippen LogP contribution in [0.4, 0.5) is 5.69 Å². The molecule has 1 heterocycles. The van der Waals surface area contributed by atoms with Crippen LogP contribution in [0.25, 0.3) is 5.69 Å². The van der Waals surface area contributed by atoms with E-state index in [0.29, 0.717) is 11.3 Å². The fourth-order valence-electron chi connectivity index (χ4n) is 2.26. The maximum Gasteiger partial charge on any atom is 0.257 e. The summed E-state index contributed by atoms with van der Waals surface area (Å²) in [4.78, 5) is 12.1. The number of hydrogen-bond donors (Lipinski definition) is 2. The van der Waals surface area contributed by atoms with Gasteiger partial charge in [0.2, 0.25) is 0 Å². The molecule has 0 aliphatic rings. The summed E-state index contributed by atoms with van der Waals surface area (Å²) in [5.41, 5.74) is 2.85. The van der Waals surface area contributed by atoms with Crippen LogP contribution in [-0.4, -0.2) is 31.2 Å². The van der Waals surface area contributed by atoms with Crippen molar-refractivity contribution < 1.29 is 9.90 Å². The van der Waals surface area contributed by atoms with Crippen molar-refractivity contribution in [2.45, 2.75) is 13.0 Å². The molecule has 2 N–H and O–H groups in total. The number of nitrogens with zero attached hydrogens (tertiary/aromatic N) is 4. The van der Waals surface area contributed by atoms with E-state index in [1.165, 1.54) is 6.33 Å². The van der Waals surface area contributed by atoms with Gasteiger partial charge < -0.3 is 10.4 Å². The molecule has 1 unspecified atom stereocenters. The molecule has 23 heavy (non-hydrogen) atoms. The van der Waals surface area contributed by atoms with Gasteiger partial charge in [0, 0.05) is 5.69 Å². The number of amides is 1. The van der Waals surface area contributed by atoms with E-state index in [9.17, 15) is 9.90 Å². The zero-order valence-corrected chi connectivity index (χ0v) is 12.4. The zero-order valence-electron chi connectivity index (χ0n) is 12.4. The van der Waals surface area contributed by atoms with E-state index < -0.39 is 12.0 Å². The van der Waals surface area contributed by atoms with Gasteiger partial charge in [0.15, 0.2) is 6.10 Å². The molecule has 0 saturated carbocycles. The first kappa shape index (κ1) is 14.9. The van der Waals surface area contributed by atoms with Crippen LogP contribution in [0.3, 0.4) is 0 Å². The average molecular weight is 309 g/mol. The Labute approximate surface area is 132 Å². The maximum atomic E-state index is 12.1. The molecule has 0 fully saturated rings. The SMILES string of the molecule is Cc1cc(NC(=O)C(O)c2ccccc2)ccc1-n1cnnn1. The fraction of sp³-hybridized carbons (Fsp3) is 0.125. The van der Waals surface area contributed by atoms with E-state index in [2.05, 4.69) is 20.8 Å². The molecular formula is C16H15N5O2. The molecule has 7 heteroatoms. The smallest absolute Gasteiger partial charge is 0.257 e. The van der Waals surface area contributed by atoms with Crippen LogP contribution < -0.4 is 5.32 Å². The molecule has 116 valence electrons. The summed E-state index contributed by atoms with van der Waals surface area (Å²) in [7, 11) is 0. The second kappa shape index (κ2) is 6.37. The minimum Gasteiger partial charge on any atom is -0.378 e. The summed E-state index contributed by atoms with van der Waals surface area (Å²) in [5.74, 6) is -0.481. The van der Waals surface area contributed by atoms with Gasteiger partial charge >= 0.3 is 0 Å². The van der Waals surface area contributed by atoms with Crippen molar-refractivity contribution in [3.8, 4) is 5.69 Å². The summed E-state index contributed by atoms with van der Waals surface area (Å²) < 4.78 is 1.54. The van der Waals surface area contributed by atoms with E-state index in [0.717, 1.165) is 11.3 Å². The number of hydrogen-bond acceptors (Lipinski definition) is 5. The Balaban J connectivity index is 1.76. The lowest BCUT2D eigenvalue weighted by Gasteiger charge is -2.13. The molecule has 3 aromatic rings. The van der Waals surface area contributed by atoms with E-state index in [4.69, 9.17) is 0 Å². The summed E-state index contributed by atoms with van der Waals surface area (Å²) in [5, 5.41) is 23.8. The van der Waals surface area contributed by atoms with Crippen LogP contribution in [0.2, 0.25) is 0 Å². The molecule has 0 radical (unpaired) electrons. The second-order valence-corrected chi connectivity index (χ2v) is 5.06. The number of rotatable bonds is 4. The average Bonchev–Trinajstić information content (AvgIpc) is 3.09. The molecule has 3 rings (SSSR count). The Morgan fingerprint density at radius 2 is 2.00 bits per heavy atom. The summed E-state index contributed by atoms with van der Waals surface area (Å²) in [6.45, 7) is 1.89. The number of aliphatic hydroxyl groups excluding tert-OH is 1. The normalized spacial score (nSPS) is 11.9. The standard InChI is InChI=1S/C16H15N5O2/c1-11-9-13(7-8-14(11)21-10-17-19-20-21)18-16(23)15(22)12-5-3-2-4-6-12/h2-10,15,22H,1H3,(H,18,23). The van der Waals surface area contributed by atoms with Crippen molar-refractivity contribution in [2.24, 2.45) is 0 Å². The largest absolute Gasteiger partial charge is 0.378 e. The van der Waals surface area contributed by atoms with Gasteiger partial charge in [-0.15, -0.1) is 5.10 Å². The van der Waals surface area contributed by atoms with Gasteiger partial charge in [0.1, 0.15) is 6.33 Å². The number of carbonyl (C=O) groups excluding carboxylic acids is 1. The van der Waals surface area contributed by atoms with Crippen LogP contribution in [0.1, 0.15) is 17.2 Å². The molecule has 0 aliphatic carbocycles. The highest BCUT2D eigenvalue weighted by atomic mass is 16.3. The van der Waals surface area contributed by atoms with Crippen LogP contribution in [0.5, 0.6) is 0 Å². The fourth-order valence-corrected chi connectivity index (χ4v) is 2.26. The maximum absolute atomic E-state index is 12.1. The van der Waals surface area contributed by atoms with Crippen molar-refractivity contribution in [2.75, 3.05) is 5.32 Å². The van der Waals surface area contributed by atoms with Crippen LogP contribution in [-0.2, 0) is 4.79 Å². The lowest BCUT2D eigenvalue weighted by atomic mass is 10.1. The summed E-state index contributed by atoms with van der Waals surface area (Å²) in [6.07, 6.45) is 0.287. The van der Waals surface area contributed by atoms with Crippen molar-refractivity contribution in [1.82, 2.24) is 20.2 Å². The van der Waals surface area contributed by atoms with E-state index >= 15 is 0 Å². The van der Waals surface area contributed by atoms with Gasteiger partial charge in [-0.2, -0.15) is 0 Å². The van der Waals surface area contributed by atoms with Gasteiger partial charge in [0.05, 0.1) is 5.69 Å². The monoisotopic (exact) mass is 309 g/mol. The predicted molar refractivity (Wildman–Crippen MR) is 83.9 cm³/mol. The first-order valence-corrected chi connectivity index (χ1v) is 7.03. The lowest BCUT2D eigenvalue weighted by molar-refractivity contribution is -0.124. The minimum atomic E-state index is -1.21. The van der Waals surface area contributed by atoms with E-state index in [1.54, 1.807) is 47.1 Å². The van der Waals surface area contributed by atoms with Crippen molar-refractivity contribution in [3.63, 3.8) is 0 Å². The molecule has 0 saturated heterocycles. The molecule has 0 bridgehead atoms. The minimum absolute atomic E-state index is 0.481. The third-order valence-electron chi connectivity index (χ3n) is 3.42. The number of aromatic nitrogens is 4.